The molecule has 170 valence electrons. The quantitative estimate of drug-likeness (QED) is 0.477. The first-order valence-electron chi connectivity index (χ1n) is 10.7. The van der Waals surface area contributed by atoms with Crippen molar-refractivity contribution in [1.82, 2.24) is 25.3 Å². The van der Waals surface area contributed by atoms with Crippen LogP contribution in [0.25, 0.3) is 11.4 Å². The van der Waals surface area contributed by atoms with Crippen molar-refractivity contribution in [2.24, 2.45) is 0 Å². The van der Waals surface area contributed by atoms with Crippen LogP contribution < -0.4 is 15.5 Å². The molecule has 0 bridgehead atoms. The summed E-state index contributed by atoms with van der Waals surface area (Å²) in [6.45, 7) is 2.93. The highest BCUT2D eigenvalue weighted by molar-refractivity contribution is 5.65. The van der Waals surface area contributed by atoms with E-state index in [0.717, 1.165) is 17.9 Å². The molecule has 3 aromatic heterocycles. The summed E-state index contributed by atoms with van der Waals surface area (Å²) >= 11 is 0. The highest BCUT2D eigenvalue weighted by atomic mass is 19.1. The molecular formula is C23H25FN8O. The molecule has 1 aliphatic rings. The molecule has 1 unspecified atom stereocenters. The monoisotopic (exact) mass is 448 g/mol. The molecule has 1 atom stereocenters. The van der Waals surface area contributed by atoms with Gasteiger partial charge >= 0.3 is 0 Å². The number of halogens is 1. The zero-order chi connectivity index (χ0) is 23.0. The molecule has 10 heteroatoms. The predicted molar refractivity (Wildman–Crippen MR) is 123 cm³/mol. The first-order chi connectivity index (χ1) is 16.2. The Hall–Kier alpha value is -3.68. The molecule has 9 nitrogen and oxygen atoms in total. The zero-order valence-corrected chi connectivity index (χ0v) is 18.3. The Bertz CT molecular complexity index is 1120. The summed E-state index contributed by atoms with van der Waals surface area (Å²) in [4.78, 5) is 19.5. The summed E-state index contributed by atoms with van der Waals surface area (Å²) in [7, 11) is 1.67. The average Bonchev–Trinajstić information content (AvgIpc) is 3.28. The van der Waals surface area contributed by atoms with Crippen LogP contribution in [-0.4, -0.2) is 59.5 Å². The van der Waals surface area contributed by atoms with Crippen LogP contribution in [0.1, 0.15) is 17.8 Å². The number of methoxy groups -OCH3 is 1. The van der Waals surface area contributed by atoms with Gasteiger partial charge in [0.05, 0.1) is 41.3 Å². The molecule has 0 radical (unpaired) electrons. The third kappa shape index (κ3) is 5.77. The summed E-state index contributed by atoms with van der Waals surface area (Å²) in [6.07, 6.45) is 2.94. The number of hydrogen-bond donors (Lipinski definition) is 2. The molecule has 4 rings (SSSR count). The van der Waals surface area contributed by atoms with Gasteiger partial charge in [0.25, 0.3) is 0 Å². The van der Waals surface area contributed by atoms with Crippen molar-refractivity contribution >= 4 is 17.3 Å². The maximum absolute atomic E-state index is 13.6. The second-order valence-electron chi connectivity index (χ2n) is 7.61. The fraction of sp³-hybridized carbons (Fsp3) is 0.348. The van der Waals surface area contributed by atoms with Crippen LogP contribution in [-0.2, 0) is 11.3 Å². The predicted octanol–water partition coefficient (Wildman–Crippen LogP) is 2.83. The Morgan fingerprint density at radius 3 is 2.79 bits per heavy atom. The molecule has 0 spiro atoms. The van der Waals surface area contributed by atoms with Gasteiger partial charge in [-0.05, 0) is 36.8 Å². The Labute approximate surface area is 191 Å². The standard InChI is InChI=1S/C23H25FN8O/c1-33-11-9-26-13-17-2-3-18(14-28-17)29-23-27-8-6-20(31-23)19-4-5-22(21(12-25)30-19)32-10-7-16(24)15-32/h2-6,8,14,16,26H,7,9-11,13,15H2,1H3,(H,27,29,31). The van der Waals surface area contributed by atoms with Gasteiger partial charge in [-0.15, -0.1) is 0 Å². The van der Waals surface area contributed by atoms with Crippen LogP contribution in [0.3, 0.4) is 0 Å². The number of anilines is 3. The average molecular weight is 449 g/mol. The molecule has 1 fully saturated rings. The van der Waals surface area contributed by atoms with Crippen LogP contribution >= 0.6 is 0 Å². The van der Waals surface area contributed by atoms with Gasteiger partial charge in [0, 0.05) is 39.5 Å². The normalized spacial score (nSPS) is 15.4. The number of hydrogen-bond acceptors (Lipinski definition) is 9. The molecule has 1 saturated heterocycles. The highest BCUT2D eigenvalue weighted by Crippen LogP contribution is 2.27. The Balaban J connectivity index is 1.45. The highest BCUT2D eigenvalue weighted by Gasteiger charge is 2.24. The first-order valence-corrected chi connectivity index (χ1v) is 10.7. The topological polar surface area (TPSA) is 112 Å². The van der Waals surface area contributed by atoms with E-state index < -0.39 is 6.17 Å². The third-order valence-corrected chi connectivity index (χ3v) is 5.24. The Morgan fingerprint density at radius 2 is 2.06 bits per heavy atom. The summed E-state index contributed by atoms with van der Waals surface area (Å²) in [5.41, 5.74) is 3.70. The van der Waals surface area contributed by atoms with Crippen LogP contribution in [0.15, 0.2) is 42.7 Å². The first kappa shape index (κ1) is 22.5. The van der Waals surface area contributed by atoms with Crippen molar-refractivity contribution in [2.45, 2.75) is 19.1 Å². The number of nitrogens with zero attached hydrogens (tertiary/aromatic N) is 6. The molecule has 0 amide bonds. The Morgan fingerprint density at radius 1 is 1.18 bits per heavy atom. The Kier molecular flexibility index (Phi) is 7.34. The summed E-state index contributed by atoms with van der Waals surface area (Å²) in [6, 6.07) is 11.3. The van der Waals surface area contributed by atoms with Gasteiger partial charge in [0.2, 0.25) is 5.95 Å². The summed E-state index contributed by atoms with van der Waals surface area (Å²) in [5, 5.41) is 16.0. The lowest BCUT2D eigenvalue weighted by Crippen LogP contribution is -2.21. The fourth-order valence-electron chi connectivity index (χ4n) is 3.55. The smallest absolute Gasteiger partial charge is 0.227 e. The van der Waals surface area contributed by atoms with E-state index in [9.17, 15) is 9.65 Å². The molecule has 0 saturated carbocycles. The number of ether oxygens (including phenoxy) is 1. The third-order valence-electron chi connectivity index (χ3n) is 5.24. The van der Waals surface area contributed by atoms with Crippen LogP contribution in [0.2, 0.25) is 0 Å². The van der Waals surface area contributed by atoms with Gasteiger partial charge < -0.3 is 20.3 Å². The van der Waals surface area contributed by atoms with Crippen LogP contribution in [0.5, 0.6) is 0 Å². The molecule has 2 N–H and O–H groups in total. The molecular weight excluding hydrogens is 423 g/mol. The van der Waals surface area contributed by atoms with Gasteiger partial charge in [-0.3, -0.25) is 4.98 Å². The van der Waals surface area contributed by atoms with Gasteiger partial charge in [0.15, 0.2) is 5.69 Å². The van der Waals surface area contributed by atoms with E-state index in [1.165, 1.54) is 0 Å². The lowest BCUT2D eigenvalue weighted by atomic mass is 10.2. The zero-order valence-electron chi connectivity index (χ0n) is 18.3. The van der Waals surface area contributed by atoms with Gasteiger partial charge in [-0.1, -0.05) is 0 Å². The van der Waals surface area contributed by atoms with Crippen molar-refractivity contribution in [3.63, 3.8) is 0 Å². The van der Waals surface area contributed by atoms with Crippen molar-refractivity contribution in [1.29, 1.82) is 5.26 Å². The fourth-order valence-corrected chi connectivity index (χ4v) is 3.55. The summed E-state index contributed by atoms with van der Waals surface area (Å²) in [5.74, 6) is 0.393. The number of pyridine rings is 2. The summed E-state index contributed by atoms with van der Waals surface area (Å²) < 4.78 is 18.6. The van der Waals surface area contributed by atoms with Gasteiger partial charge in [-0.2, -0.15) is 5.26 Å². The van der Waals surface area contributed by atoms with E-state index in [2.05, 4.69) is 36.6 Å². The minimum absolute atomic E-state index is 0.258. The van der Waals surface area contributed by atoms with Crippen molar-refractivity contribution in [2.75, 3.05) is 43.6 Å². The molecule has 0 aliphatic carbocycles. The number of nitriles is 1. The number of alkyl halides is 1. The maximum atomic E-state index is 13.6. The van der Waals surface area contributed by atoms with Gasteiger partial charge in [0.1, 0.15) is 12.2 Å². The van der Waals surface area contributed by atoms with Gasteiger partial charge in [-0.25, -0.2) is 19.3 Å². The molecule has 33 heavy (non-hydrogen) atoms. The van der Waals surface area contributed by atoms with Crippen LogP contribution in [0.4, 0.5) is 21.7 Å². The lowest BCUT2D eigenvalue weighted by Gasteiger charge is -2.18. The van der Waals surface area contributed by atoms with Crippen LogP contribution in [0, 0.1) is 11.3 Å². The van der Waals surface area contributed by atoms with E-state index in [-0.39, 0.29) is 12.2 Å². The largest absolute Gasteiger partial charge is 0.383 e. The second kappa shape index (κ2) is 10.8. The van der Waals surface area contributed by atoms with Crippen molar-refractivity contribution < 1.29 is 9.13 Å². The molecule has 4 heterocycles. The minimum Gasteiger partial charge on any atom is -0.383 e. The van der Waals surface area contributed by atoms with E-state index in [1.807, 2.05) is 17.0 Å². The molecule has 0 aromatic carbocycles. The minimum atomic E-state index is -0.873. The van der Waals surface area contributed by atoms with E-state index >= 15 is 0 Å². The van der Waals surface area contributed by atoms with Crippen molar-refractivity contribution in [3.8, 4) is 17.5 Å². The SMILES string of the molecule is COCCNCc1ccc(Nc2nccc(-c3ccc(N4CCC(F)C4)c(C#N)n3)n2)cn1. The number of nitrogens with one attached hydrogen (secondary N) is 2. The maximum Gasteiger partial charge on any atom is 0.227 e. The lowest BCUT2D eigenvalue weighted by molar-refractivity contribution is 0.199. The number of rotatable bonds is 9. The van der Waals surface area contributed by atoms with Crippen molar-refractivity contribution in [3.05, 3.63) is 54.1 Å². The second-order valence-corrected chi connectivity index (χ2v) is 7.61. The number of aromatic nitrogens is 4. The molecule has 1 aliphatic heterocycles. The van der Waals surface area contributed by atoms with E-state index in [4.69, 9.17) is 4.74 Å². The molecule has 3 aromatic rings. The van der Waals surface area contributed by atoms with E-state index in [0.29, 0.717) is 49.1 Å². The van der Waals surface area contributed by atoms with E-state index in [1.54, 1.807) is 37.7 Å².